The van der Waals surface area contributed by atoms with Gasteiger partial charge in [-0.15, -0.1) is 0 Å². The van der Waals surface area contributed by atoms with E-state index in [4.69, 9.17) is 0 Å². The Bertz CT molecular complexity index is 1240. The maximum absolute atomic E-state index is 15.4. The van der Waals surface area contributed by atoms with Crippen molar-refractivity contribution >= 4 is 5.97 Å². The topological polar surface area (TPSA) is 37.3 Å². The average molecular weight is 527 g/mol. The normalized spacial score (nSPS) is 17.5. The van der Waals surface area contributed by atoms with Crippen molar-refractivity contribution in [2.24, 2.45) is 5.92 Å². The predicted molar refractivity (Wildman–Crippen MR) is 142 cm³/mol. The summed E-state index contributed by atoms with van der Waals surface area (Å²) in [6, 6.07) is 11.5. The molecule has 0 unspecified atom stereocenters. The molecule has 0 saturated heterocycles. The van der Waals surface area contributed by atoms with Crippen LogP contribution in [0.25, 0.3) is 22.3 Å². The molecule has 1 fully saturated rings. The number of benzene rings is 3. The van der Waals surface area contributed by atoms with Crippen molar-refractivity contribution in [2.45, 2.75) is 77.0 Å². The van der Waals surface area contributed by atoms with Gasteiger partial charge in [-0.25, -0.2) is 22.4 Å². The molecule has 3 aromatic carbocycles. The van der Waals surface area contributed by atoms with Gasteiger partial charge in [0, 0.05) is 5.56 Å². The molecule has 1 N–H and O–H groups in total. The third kappa shape index (κ3) is 6.28. The summed E-state index contributed by atoms with van der Waals surface area (Å²) in [5, 5.41) is 9.38. The summed E-state index contributed by atoms with van der Waals surface area (Å²) in [6.45, 7) is 2.23. The van der Waals surface area contributed by atoms with Crippen LogP contribution in [0.2, 0.25) is 0 Å². The van der Waals surface area contributed by atoms with E-state index >= 15 is 4.39 Å². The van der Waals surface area contributed by atoms with E-state index in [-0.39, 0.29) is 16.7 Å². The predicted octanol–water partition coefficient (Wildman–Crippen LogP) is 9.91. The molecule has 0 bridgehead atoms. The minimum absolute atomic E-state index is 0.269. The Kier molecular flexibility index (Phi) is 9.24. The second-order valence-corrected chi connectivity index (χ2v) is 10.5. The quantitative estimate of drug-likeness (QED) is 0.162. The first-order valence-corrected chi connectivity index (χ1v) is 13.6. The van der Waals surface area contributed by atoms with E-state index in [1.165, 1.54) is 63.0 Å². The zero-order valence-corrected chi connectivity index (χ0v) is 21.7. The van der Waals surface area contributed by atoms with Crippen LogP contribution >= 0.6 is 0 Å². The van der Waals surface area contributed by atoms with Gasteiger partial charge >= 0.3 is 5.97 Å². The van der Waals surface area contributed by atoms with Crippen LogP contribution in [0.1, 0.15) is 93.0 Å². The first-order valence-electron chi connectivity index (χ1n) is 13.6. The Morgan fingerprint density at radius 3 is 2.03 bits per heavy atom. The van der Waals surface area contributed by atoms with Gasteiger partial charge in [0.05, 0.1) is 5.56 Å². The summed E-state index contributed by atoms with van der Waals surface area (Å²) in [4.78, 5) is 11.5. The lowest BCUT2D eigenvalue weighted by molar-refractivity contribution is 0.0692. The maximum Gasteiger partial charge on any atom is 0.338 e. The van der Waals surface area contributed by atoms with Gasteiger partial charge in [-0.2, -0.15) is 0 Å². The van der Waals surface area contributed by atoms with Gasteiger partial charge in [0.1, 0.15) is 5.82 Å². The molecule has 6 heteroatoms. The van der Waals surface area contributed by atoms with Crippen LogP contribution < -0.4 is 0 Å². The fourth-order valence-electron chi connectivity index (χ4n) is 5.72. The van der Waals surface area contributed by atoms with Gasteiger partial charge in [0.15, 0.2) is 17.5 Å². The maximum atomic E-state index is 15.4. The summed E-state index contributed by atoms with van der Waals surface area (Å²) in [5.74, 6) is -6.01. The first kappa shape index (κ1) is 27.9. The molecule has 3 aromatic rings. The fraction of sp³-hybridized carbons (Fsp3) is 0.406. The molecular formula is C32H34F4O2. The lowest BCUT2D eigenvalue weighted by Gasteiger charge is -2.29. The molecule has 0 aliphatic heterocycles. The van der Waals surface area contributed by atoms with Gasteiger partial charge in [-0.05, 0) is 78.0 Å². The van der Waals surface area contributed by atoms with E-state index in [1.807, 2.05) is 24.3 Å². The van der Waals surface area contributed by atoms with Crippen molar-refractivity contribution in [1.29, 1.82) is 0 Å². The monoisotopic (exact) mass is 526 g/mol. The van der Waals surface area contributed by atoms with Crippen molar-refractivity contribution in [2.75, 3.05) is 0 Å². The minimum Gasteiger partial charge on any atom is -0.478 e. The lowest BCUT2D eigenvalue weighted by atomic mass is 9.77. The molecule has 38 heavy (non-hydrogen) atoms. The van der Waals surface area contributed by atoms with Crippen molar-refractivity contribution in [3.05, 3.63) is 82.9 Å². The van der Waals surface area contributed by atoms with Crippen LogP contribution in [0.3, 0.4) is 0 Å². The molecule has 0 aromatic heterocycles. The Morgan fingerprint density at radius 1 is 0.789 bits per heavy atom. The second kappa shape index (κ2) is 12.6. The number of halogens is 4. The molecular weight excluding hydrogens is 492 g/mol. The summed E-state index contributed by atoms with van der Waals surface area (Å²) in [7, 11) is 0. The summed E-state index contributed by atoms with van der Waals surface area (Å²) in [6.07, 6.45) is 12.5. The van der Waals surface area contributed by atoms with Crippen molar-refractivity contribution in [1.82, 2.24) is 0 Å². The van der Waals surface area contributed by atoms with E-state index in [9.17, 15) is 23.1 Å². The van der Waals surface area contributed by atoms with Crippen LogP contribution in [0, 0.1) is 29.2 Å². The molecule has 0 atom stereocenters. The van der Waals surface area contributed by atoms with Crippen LogP contribution in [0.5, 0.6) is 0 Å². The number of aromatic carboxylic acids is 1. The Balaban J connectivity index is 1.54. The van der Waals surface area contributed by atoms with Gasteiger partial charge < -0.3 is 5.11 Å². The molecule has 0 amide bonds. The van der Waals surface area contributed by atoms with E-state index in [0.29, 0.717) is 23.6 Å². The highest BCUT2D eigenvalue weighted by atomic mass is 19.2. The standard InChI is InChI=1S/C32H34F4O2/c1-2-3-4-5-6-7-20-8-10-21(11-9-20)22-12-14-23(15-13-22)25-16-17-26(32(37)38)30(35)29(25)24-18-27(33)31(36)28(34)19-24/h12-21H,2-11H2,1H3,(H,37,38)/t20-,21-. The molecule has 1 saturated carbocycles. The first-order chi connectivity index (χ1) is 18.3. The zero-order valence-electron chi connectivity index (χ0n) is 21.7. The van der Waals surface area contributed by atoms with E-state index in [1.54, 1.807) is 0 Å². The van der Waals surface area contributed by atoms with Gasteiger partial charge in [-0.3, -0.25) is 0 Å². The molecule has 1 aliphatic carbocycles. The number of carboxylic acid groups (broad SMARTS) is 1. The molecule has 4 rings (SSSR count). The number of rotatable bonds is 10. The van der Waals surface area contributed by atoms with Crippen molar-refractivity contribution < 1.29 is 27.5 Å². The fourth-order valence-corrected chi connectivity index (χ4v) is 5.72. The van der Waals surface area contributed by atoms with Crippen molar-refractivity contribution in [3.8, 4) is 22.3 Å². The van der Waals surface area contributed by atoms with Crippen LogP contribution in [-0.2, 0) is 0 Å². The van der Waals surface area contributed by atoms with Crippen molar-refractivity contribution in [3.63, 3.8) is 0 Å². The van der Waals surface area contributed by atoms with Crippen LogP contribution in [0.15, 0.2) is 48.5 Å². The average Bonchev–Trinajstić information content (AvgIpc) is 2.91. The largest absolute Gasteiger partial charge is 0.478 e. The molecule has 202 valence electrons. The highest BCUT2D eigenvalue weighted by Gasteiger charge is 2.24. The smallest absolute Gasteiger partial charge is 0.338 e. The van der Waals surface area contributed by atoms with Crippen LogP contribution in [-0.4, -0.2) is 11.1 Å². The van der Waals surface area contributed by atoms with Gasteiger partial charge in [-0.1, -0.05) is 75.8 Å². The van der Waals surface area contributed by atoms with E-state index < -0.39 is 34.8 Å². The SMILES string of the molecule is CCCCCCC[C@H]1CC[C@H](c2ccc(-c3ccc(C(=O)O)c(F)c3-c3cc(F)c(F)c(F)c3)cc2)CC1. The minimum atomic E-state index is -1.67. The number of hydrogen-bond donors (Lipinski definition) is 1. The molecule has 0 spiro atoms. The Morgan fingerprint density at radius 2 is 1.42 bits per heavy atom. The highest BCUT2D eigenvalue weighted by molar-refractivity contribution is 5.94. The third-order valence-electron chi connectivity index (χ3n) is 7.90. The van der Waals surface area contributed by atoms with E-state index in [0.717, 1.165) is 24.8 Å². The molecule has 2 nitrogen and oxygen atoms in total. The zero-order chi connectivity index (χ0) is 27.2. The molecule has 0 radical (unpaired) electrons. The van der Waals surface area contributed by atoms with E-state index in [2.05, 4.69) is 6.92 Å². The number of carbonyl (C=O) groups is 1. The molecule has 0 heterocycles. The van der Waals surface area contributed by atoms with Gasteiger partial charge in [0.2, 0.25) is 0 Å². The molecule has 1 aliphatic rings. The Hall–Kier alpha value is -3.15. The number of carboxylic acids is 1. The summed E-state index contributed by atoms with van der Waals surface area (Å²) >= 11 is 0. The summed E-state index contributed by atoms with van der Waals surface area (Å²) in [5.41, 5.74) is 0.858. The number of hydrogen-bond acceptors (Lipinski definition) is 1. The second-order valence-electron chi connectivity index (χ2n) is 10.5. The summed E-state index contributed by atoms with van der Waals surface area (Å²) < 4.78 is 56.9. The van der Waals surface area contributed by atoms with Gasteiger partial charge in [0.25, 0.3) is 0 Å². The van der Waals surface area contributed by atoms with Crippen LogP contribution in [0.4, 0.5) is 17.6 Å². The lowest BCUT2D eigenvalue weighted by Crippen LogP contribution is -2.13. The Labute approximate surface area is 221 Å². The number of unbranched alkanes of at least 4 members (excludes halogenated alkanes) is 4. The highest BCUT2D eigenvalue weighted by Crippen LogP contribution is 2.40. The third-order valence-corrected chi connectivity index (χ3v) is 7.90.